The first-order valence-electron chi connectivity index (χ1n) is 5.26. The van der Waals surface area contributed by atoms with Gasteiger partial charge in [-0.1, -0.05) is 0 Å². The highest BCUT2D eigenvalue weighted by molar-refractivity contribution is 9.10. The lowest BCUT2D eigenvalue weighted by Gasteiger charge is -2.08. The summed E-state index contributed by atoms with van der Waals surface area (Å²) in [6.45, 7) is 0. The number of rotatable bonds is 2. The molecular weight excluding hydrogens is 320 g/mol. The molecule has 1 aromatic heterocycles. The van der Waals surface area contributed by atoms with E-state index >= 15 is 0 Å². The number of nitrogens with zero attached hydrogens (tertiary/aromatic N) is 1. The van der Waals surface area contributed by atoms with E-state index < -0.39 is 17.5 Å². The third kappa shape index (κ3) is 2.76. The molecule has 3 N–H and O–H groups in total. The second-order valence-corrected chi connectivity index (χ2v) is 4.82. The lowest BCUT2D eigenvalue weighted by atomic mass is 10.2. The minimum Gasteiger partial charge on any atom is -0.397 e. The maximum Gasteiger partial charge on any atom is 0.272 e. The number of hydrogen-bond acceptors (Lipinski definition) is 2. The fourth-order valence-electron chi connectivity index (χ4n) is 1.62. The predicted octanol–water partition coefficient (Wildman–Crippen LogP) is 2.90. The average Bonchev–Trinajstić information content (AvgIpc) is 2.65. The van der Waals surface area contributed by atoms with Crippen LogP contribution in [-0.4, -0.2) is 10.5 Å². The Balaban J connectivity index is 2.29. The minimum atomic E-state index is -0.733. The highest BCUT2D eigenvalue weighted by Crippen LogP contribution is 2.24. The highest BCUT2D eigenvalue weighted by atomic mass is 79.9. The van der Waals surface area contributed by atoms with Crippen LogP contribution in [0.15, 0.2) is 28.9 Å². The number of amides is 1. The first kappa shape index (κ1) is 13.5. The van der Waals surface area contributed by atoms with Gasteiger partial charge >= 0.3 is 0 Å². The summed E-state index contributed by atoms with van der Waals surface area (Å²) in [5, 5.41) is 2.30. The molecule has 0 radical (unpaired) electrons. The Morgan fingerprint density at radius 3 is 2.58 bits per heavy atom. The van der Waals surface area contributed by atoms with Crippen molar-refractivity contribution in [2.75, 3.05) is 11.1 Å². The Morgan fingerprint density at radius 1 is 1.32 bits per heavy atom. The summed E-state index contributed by atoms with van der Waals surface area (Å²) in [7, 11) is 1.63. The fraction of sp³-hybridized carbons (Fsp3) is 0.0833. The van der Waals surface area contributed by atoms with Crippen molar-refractivity contribution >= 4 is 33.2 Å². The Labute approximate surface area is 116 Å². The SMILES string of the molecule is Cn1cc(N)cc1C(=O)Nc1cc(F)c(Br)cc1F. The van der Waals surface area contributed by atoms with Gasteiger partial charge in [0.2, 0.25) is 0 Å². The fourth-order valence-corrected chi connectivity index (χ4v) is 1.94. The molecule has 0 saturated carbocycles. The molecule has 0 fully saturated rings. The number of carbonyl (C=O) groups excluding carboxylic acids is 1. The number of aryl methyl sites for hydroxylation is 1. The molecule has 2 rings (SSSR count). The zero-order valence-corrected chi connectivity index (χ0v) is 11.5. The zero-order chi connectivity index (χ0) is 14.2. The second kappa shape index (κ2) is 5.00. The van der Waals surface area contributed by atoms with Gasteiger partial charge in [-0.3, -0.25) is 4.79 Å². The quantitative estimate of drug-likeness (QED) is 0.832. The van der Waals surface area contributed by atoms with Crippen molar-refractivity contribution < 1.29 is 13.6 Å². The van der Waals surface area contributed by atoms with Crippen molar-refractivity contribution in [3.05, 3.63) is 46.2 Å². The number of carbonyl (C=O) groups is 1. The first-order chi connectivity index (χ1) is 8.88. The maximum atomic E-state index is 13.6. The van der Waals surface area contributed by atoms with E-state index in [2.05, 4.69) is 21.2 Å². The van der Waals surface area contributed by atoms with Crippen molar-refractivity contribution in [2.45, 2.75) is 0 Å². The molecule has 2 aromatic rings. The summed E-state index contributed by atoms with van der Waals surface area (Å²) < 4.78 is 28.4. The molecule has 4 nitrogen and oxygen atoms in total. The van der Waals surface area contributed by atoms with Crippen molar-refractivity contribution in [3.63, 3.8) is 0 Å². The van der Waals surface area contributed by atoms with E-state index in [9.17, 15) is 13.6 Å². The van der Waals surface area contributed by atoms with Crippen LogP contribution in [0.25, 0.3) is 0 Å². The lowest BCUT2D eigenvalue weighted by molar-refractivity contribution is 0.101. The largest absolute Gasteiger partial charge is 0.397 e. The molecule has 0 spiro atoms. The molecule has 0 aliphatic carbocycles. The molecule has 0 aliphatic rings. The Hall–Kier alpha value is -1.89. The van der Waals surface area contributed by atoms with Crippen LogP contribution >= 0.6 is 15.9 Å². The van der Waals surface area contributed by atoms with E-state index in [4.69, 9.17) is 5.73 Å². The number of halogens is 3. The van der Waals surface area contributed by atoms with Crippen molar-refractivity contribution in [1.82, 2.24) is 4.57 Å². The summed E-state index contributed by atoms with van der Waals surface area (Å²) >= 11 is 2.86. The second-order valence-electron chi connectivity index (χ2n) is 3.97. The molecule has 0 aliphatic heterocycles. The molecule has 0 bridgehead atoms. The summed E-state index contributed by atoms with van der Waals surface area (Å²) in [6, 6.07) is 3.30. The molecule has 0 unspecified atom stereocenters. The molecule has 7 heteroatoms. The zero-order valence-electron chi connectivity index (χ0n) is 9.88. The molecule has 100 valence electrons. The first-order valence-corrected chi connectivity index (χ1v) is 6.05. The smallest absolute Gasteiger partial charge is 0.272 e. The third-order valence-corrected chi connectivity index (χ3v) is 3.12. The highest BCUT2D eigenvalue weighted by Gasteiger charge is 2.15. The summed E-state index contributed by atoms with van der Waals surface area (Å²) in [5.74, 6) is -1.97. The van der Waals surface area contributed by atoms with E-state index in [1.165, 1.54) is 10.6 Å². The summed E-state index contributed by atoms with van der Waals surface area (Å²) in [4.78, 5) is 11.9. The molecule has 1 heterocycles. The number of aromatic nitrogens is 1. The van der Waals surface area contributed by atoms with Crippen LogP contribution in [0.4, 0.5) is 20.2 Å². The number of benzene rings is 1. The van der Waals surface area contributed by atoms with E-state index in [0.717, 1.165) is 12.1 Å². The van der Waals surface area contributed by atoms with Crippen LogP contribution in [0.3, 0.4) is 0 Å². The van der Waals surface area contributed by atoms with Gasteiger partial charge in [0.15, 0.2) is 0 Å². The van der Waals surface area contributed by atoms with E-state index in [1.807, 2.05) is 0 Å². The van der Waals surface area contributed by atoms with Crippen molar-refractivity contribution in [1.29, 1.82) is 0 Å². The van der Waals surface area contributed by atoms with Crippen LogP contribution in [0, 0.1) is 11.6 Å². The van der Waals surface area contributed by atoms with E-state index in [0.29, 0.717) is 5.69 Å². The van der Waals surface area contributed by atoms with Crippen LogP contribution < -0.4 is 11.1 Å². The van der Waals surface area contributed by atoms with Gasteiger partial charge < -0.3 is 15.6 Å². The third-order valence-electron chi connectivity index (χ3n) is 2.52. The lowest BCUT2D eigenvalue weighted by Crippen LogP contribution is -2.16. The molecular formula is C12H10BrF2N3O. The maximum absolute atomic E-state index is 13.6. The molecule has 1 amide bonds. The van der Waals surface area contributed by atoms with Gasteiger partial charge in [0, 0.05) is 19.3 Å². The molecule has 19 heavy (non-hydrogen) atoms. The monoisotopic (exact) mass is 329 g/mol. The number of hydrogen-bond donors (Lipinski definition) is 2. The van der Waals surface area contributed by atoms with Crippen molar-refractivity contribution in [3.8, 4) is 0 Å². The van der Waals surface area contributed by atoms with Crippen molar-refractivity contribution in [2.24, 2.45) is 7.05 Å². The standard InChI is InChI=1S/C12H10BrF2N3O/c1-18-5-6(16)2-11(18)12(19)17-10-4-8(14)7(13)3-9(10)15/h2-5H,16H2,1H3,(H,17,19). The Bertz CT molecular complexity index is 655. The Morgan fingerprint density at radius 2 is 2.00 bits per heavy atom. The number of nitrogen functional groups attached to an aromatic ring is 1. The number of anilines is 2. The van der Waals surface area contributed by atoms with Gasteiger partial charge in [0.25, 0.3) is 5.91 Å². The molecule has 1 aromatic carbocycles. The average molecular weight is 330 g/mol. The van der Waals surface area contributed by atoms with Crippen LogP contribution in [0.2, 0.25) is 0 Å². The summed E-state index contributed by atoms with van der Waals surface area (Å²) in [5.41, 5.74) is 5.97. The molecule has 0 saturated heterocycles. The van der Waals surface area contributed by atoms with Crippen LogP contribution in [-0.2, 0) is 7.05 Å². The van der Waals surface area contributed by atoms with Gasteiger partial charge in [-0.25, -0.2) is 8.78 Å². The topological polar surface area (TPSA) is 60.0 Å². The molecule has 0 atom stereocenters. The van der Waals surface area contributed by atoms with Crippen LogP contribution in [0.1, 0.15) is 10.5 Å². The van der Waals surface area contributed by atoms with Gasteiger partial charge in [0.05, 0.1) is 15.8 Å². The van der Waals surface area contributed by atoms with E-state index in [-0.39, 0.29) is 15.9 Å². The van der Waals surface area contributed by atoms with Gasteiger partial charge in [-0.05, 0) is 28.1 Å². The van der Waals surface area contributed by atoms with Gasteiger partial charge in [-0.2, -0.15) is 0 Å². The number of nitrogens with one attached hydrogen (secondary N) is 1. The number of nitrogens with two attached hydrogens (primary N) is 1. The predicted molar refractivity (Wildman–Crippen MR) is 71.8 cm³/mol. The summed E-state index contributed by atoms with van der Waals surface area (Å²) in [6.07, 6.45) is 1.55. The van der Waals surface area contributed by atoms with Gasteiger partial charge in [-0.15, -0.1) is 0 Å². The van der Waals surface area contributed by atoms with E-state index in [1.54, 1.807) is 13.2 Å². The Kier molecular flexibility index (Phi) is 3.57. The minimum absolute atomic E-state index is 0.00823. The normalized spacial score (nSPS) is 10.5. The van der Waals surface area contributed by atoms with Gasteiger partial charge in [0.1, 0.15) is 17.3 Å². The van der Waals surface area contributed by atoms with Crippen LogP contribution in [0.5, 0.6) is 0 Å².